The molecule has 1 heterocycles. The van der Waals surface area contributed by atoms with Gasteiger partial charge in [-0.1, -0.05) is 17.9 Å². The number of nitrogens with two attached hydrogens (primary N) is 2. The Hall–Kier alpha value is -2.99. The van der Waals surface area contributed by atoms with Crippen LogP contribution in [0.5, 0.6) is 0 Å². The normalized spacial score (nSPS) is 10.6. The second-order valence-corrected chi connectivity index (χ2v) is 5.59. The van der Waals surface area contributed by atoms with Gasteiger partial charge in [-0.2, -0.15) is 13.2 Å². The first-order chi connectivity index (χ1) is 11.2. The van der Waals surface area contributed by atoms with Gasteiger partial charge < -0.3 is 11.5 Å². The number of primary amides is 2. The van der Waals surface area contributed by atoms with Crippen LogP contribution in [0.2, 0.25) is 0 Å². The molecule has 0 aliphatic carbocycles. The highest BCUT2D eigenvalue weighted by molar-refractivity contribution is 7.17. The van der Waals surface area contributed by atoms with Crippen molar-refractivity contribution in [3.05, 3.63) is 51.9 Å². The molecule has 2 rings (SSSR count). The highest BCUT2D eigenvalue weighted by Gasteiger charge is 2.30. The lowest BCUT2D eigenvalue weighted by atomic mass is 10.1. The second kappa shape index (κ2) is 6.64. The third kappa shape index (κ3) is 4.27. The van der Waals surface area contributed by atoms with Crippen LogP contribution in [0.3, 0.4) is 0 Å². The van der Waals surface area contributed by atoms with Crippen LogP contribution in [-0.4, -0.2) is 11.9 Å². The molecule has 24 heavy (non-hydrogen) atoms. The molecular formula is C15H10F3N3O2S. The summed E-state index contributed by atoms with van der Waals surface area (Å²) in [5.74, 6) is 4.41. The van der Waals surface area contributed by atoms with E-state index in [0.29, 0.717) is 4.88 Å². The van der Waals surface area contributed by atoms with Crippen molar-refractivity contribution in [1.29, 1.82) is 0 Å². The molecule has 0 bridgehead atoms. The predicted molar refractivity (Wildman–Crippen MR) is 83.5 cm³/mol. The van der Waals surface area contributed by atoms with E-state index in [2.05, 4.69) is 17.2 Å². The van der Waals surface area contributed by atoms with Gasteiger partial charge in [-0.25, -0.2) is 4.79 Å². The van der Waals surface area contributed by atoms with Crippen molar-refractivity contribution < 1.29 is 22.8 Å². The number of urea groups is 1. The first kappa shape index (κ1) is 17.4. The summed E-state index contributed by atoms with van der Waals surface area (Å²) in [6.45, 7) is 0. The number of hydrogen-bond acceptors (Lipinski definition) is 3. The molecule has 5 N–H and O–H groups in total. The molecule has 0 unspecified atom stereocenters. The fourth-order valence-electron chi connectivity index (χ4n) is 1.75. The van der Waals surface area contributed by atoms with Gasteiger partial charge in [-0.3, -0.25) is 10.1 Å². The summed E-state index contributed by atoms with van der Waals surface area (Å²) >= 11 is 0.937. The number of halogens is 3. The van der Waals surface area contributed by atoms with Gasteiger partial charge >= 0.3 is 12.2 Å². The number of carbonyl (C=O) groups is 2. The van der Waals surface area contributed by atoms with Gasteiger partial charge in [0.05, 0.1) is 16.0 Å². The Kier molecular flexibility index (Phi) is 4.80. The predicted octanol–water partition coefficient (Wildman–Crippen LogP) is 2.76. The van der Waals surface area contributed by atoms with Crippen LogP contribution in [-0.2, 0) is 6.18 Å². The second-order valence-electron chi connectivity index (χ2n) is 4.54. The van der Waals surface area contributed by atoms with E-state index in [-0.39, 0.29) is 16.1 Å². The van der Waals surface area contributed by atoms with Gasteiger partial charge in [0.25, 0.3) is 5.91 Å². The van der Waals surface area contributed by atoms with Crippen molar-refractivity contribution in [3.8, 4) is 11.8 Å². The average molecular weight is 353 g/mol. The van der Waals surface area contributed by atoms with Crippen molar-refractivity contribution >= 4 is 28.3 Å². The van der Waals surface area contributed by atoms with E-state index in [4.69, 9.17) is 11.5 Å². The molecule has 124 valence electrons. The summed E-state index contributed by atoms with van der Waals surface area (Å²) in [7, 11) is 0. The third-order valence-electron chi connectivity index (χ3n) is 2.75. The lowest BCUT2D eigenvalue weighted by molar-refractivity contribution is -0.137. The van der Waals surface area contributed by atoms with Crippen LogP contribution < -0.4 is 16.8 Å². The summed E-state index contributed by atoms with van der Waals surface area (Å²) in [6, 6.07) is 4.98. The summed E-state index contributed by atoms with van der Waals surface area (Å²) in [6.07, 6.45) is -4.46. The van der Waals surface area contributed by atoms with Gasteiger partial charge in [-0.05, 0) is 24.3 Å². The molecule has 0 radical (unpaired) electrons. The molecule has 0 spiro atoms. The van der Waals surface area contributed by atoms with Crippen LogP contribution in [0.15, 0.2) is 30.3 Å². The van der Waals surface area contributed by atoms with Crippen LogP contribution in [0.25, 0.3) is 0 Å². The van der Waals surface area contributed by atoms with E-state index in [1.165, 1.54) is 18.2 Å². The number of alkyl halides is 3. The van der Waals surface area contributed by atoms with Gasteiger partial charge in [0.1, 0.15) is 5.00 Å². The highest BCUT2D eigenvalue weighted by atomic mass is 32.1. The average Bonchev–Trinajstić information content (AvgIpc) is 2.87. The summed E-state index contributed by atoms with van der Waals surface area (Å²) < 4.78 is 37.9. The fraction of sp³-hybridized carbons (Fsp3) is 0.0667. The lowest BCUT2D eigenvalue weighted by Gasteiger charge is -2.05. The SMILES string of the molecule is NC(=O)Nc1sc(C#Cc2cccc(C(F)(F)F)c2)cc1C(N)=O. The topological polar surface area (TPSA) is 98.2 Å². The molecule has 0 saturated heterocycles. The maximum atomic E-state index is 12.6. The molecule has 0 atom stereocenters. The number of nitrogens with one attached hydrogen (secondary N) is 1. The molecule has 5 nitrogen and oxygen atoms in total. The van der Waals surface area contributed by atoms with Gasteiger partial charge in [0.2, 0.25) is 0 Å². The first-order valence-electron chi connectivity index (χ1n) is 6.36. The van der Waals surface area contributed by atoms with Crippen molar-refractivity contribution in [2.75, 3.05) is 5.32 Å². The Morgan fingerprint density at radius 2 is 1.83 bits per heavy atom. The van der Waals surface area contributed by atoms with Crippen LogP contribution in [0.1, 0.15) is 26.4 Å². The zero-order valence-corrected chi connectivity index (χ0v) is 12.7. The highest BCUT2D eigenvalue weighted by Crippen LogP contribution is 2.30. The number of anilines is 1. The Bertz CT molecular complexity index is 863. The molecular weight excluding hydrogens is 343 g/mol. The molecule has 0 aliphatic heterocycles. The molecule has 0 saturated carbocycles. The Balaban J connectivity index is 2.34. The molecule has 0 aliphatic rings. The monoisotopic (exact) mass is 353 g/mol. The molecule has 1 aromatic carbocycles. The van der Waals surface area contributed by atoms with Gasteiger partial charge in [0.15, 0.2) is 0 Å². The molecule has 9 heteroatoms. The van der Waals surface area contributed by atoms with Crippen molar-refractivity contribution in [3.63, 3.8) is 0 Å². The number of hydrogen-bond donors (Lipinski definition) is 3. The minimum Gasteiger partial charge on any atom is -0.366 e. The quantitative estimate of drug-likeness (QED) is 0.724. The standard InChI is InChI=1S/C15H10F3N3O2S/c16-15(17,18)9-3-1-2-8(6-9)4-5-10-7-11(12(19)22)13(24-10)21-14(20)23/h1-3,6-7H,(H2,19,22)(H3,20,21,23). The Morgan fingerprint density at radius 3 is 2.42 bits per heavy atom. The van der Waals surface area contributed by atoms with E-state index < -0.39 is 23.7 Å². The Morgan fingerprint density at radius 1 is 1.12 bits per heavy atom. The van der Waals surface area contributed by atoms with Crippen molar-refractivity contribution in [2.24, 2.45) is 11.5 Å². The van der Waals surface area contributed by atoms with Gasteiger partial charge in [-0.15, -0.1) is 11.3 Å². The largest absolute Gasteiger partial charge is 0.416 e. The number of benzene rings is 1. The number of amides is 3. The first-order valence-corrected chi connectivity index (χ1v) is 7.18. The maximum absolute atomic E-state index is 12.6. The minimum absolute atomic E-state index is 0.0205. The Labute approximate surface area is 138 Å². The van der Waals surface area contributed by atoms with Crippen LogP contribution in [0.4, 0.5) is 23.0 Å². The van der Waals surface area contributed by atoms with E-state index in [9.17, 15) is 22.8 Å². The zero-order chi connectivity index (χ0) is 17.9. The maximum Gasteiger partial charge on any atom is 0.416 e. The van der Waals surface area contributed by atoms with Crippen molar-refractivity contribution in [2.45, 2.75) is 6.18 Å². The van der Waals surface area contributed by atoms with E-state index >= 15 is 0 Å². The number of carbonyl (C=O) groups excluding carboxylic acids is 2. The summed E-state index contributed by atoms with van der Waals surface area (Å²) in [5.41, 5.74) is 9.53. The lowest BCUT2D eigenvalue weighted by Crippen LogP contribution is -2.21. The molecule has 2 aromatic rings. The molecule has 3 amide bonds. The van der Waals surface area contributed by atoms with E-state index in [1.54, 1.807) is 0 Å². The number of rotatable bonds is 2. The zero-order valence-electron chi connectivity index (χ0n) is 11.9. The molecule has 1 aromatic heterocycles. The minimum atomic E-state index is -4.46. The van der Waals surface area contributed by atoms with E-state index in [0.717, 1.165) is 23.5 Å². The smallest absolute Gasteiger partial charge is 0.366 e. The molecule has 0 fully saturated rings. The summed E-state index contributed by atoms with van der Waals surface area (Å²) in [5, 5.41) is 2.37. The van der Waals surface area contributed by atoms with Crippen LogP contribution >= 0.6 is 11.3 Å². The van der Waals surface area contributed by atoms with Crippen molar-refractivity contribution in [1.82, 2.24) is 0 Å². The van der Waals surface area contributed by atoms with E-state index in [1.807, 2.05) is 0 Å². The van der Waals surface area contributed by atoms with Crippen LogP contribution in [0, 0.1) is 11.8 Å². The number of thiophene rings is 1. The third-order valence-corrected chi connectivity index (χ3v) is 3.72. The fourth-order valence-corrected chi connectivity index (χ4v) is 2.67. The summed E-state index contributed by atoms with van der Waals surface area (Å²) in [4.78, 5) is 22.5. The van der Waals surface area contributed by atoms with Gasteiger partial charge in [0, 0.05) is 5.56 Å².